The topological polar surface area (TPSA) is 20.3 Å². The van der Waals surface area contributed by atoms with E-state index < -0.39 is 0 Å². The van der Waals surface area contributed by atoms with Crippen molar-refractivity contribution in [2.75, 3.05) is 13.1 Å². The smallest absolute Gasteiger partial charge is 0.133 e. The summed E-state index contributed by atoms with van der Waals surface area (Å²) in [7, 11) is 0. The van der Waals surface area contributed by atoms with E-state index >= 15 is 0 Å². The molecule has 0 bridgehead atoms. The molecule has 1 aliphatic heterocycles. The molecule has 0 saturated carbocycles. The highest BCUT2D eigenvalue weighted by Crippen LogP contribution is 2.22. The summed E-state index contributed by atoms with van der Waals surface area (Å²) in [6.45, 7) is 6.81. The molecule has 0 amide bonds. The summed E-state index contributed by atoms with van der Waals surface area (Å²) in [6, 6.07) is 10.9. The Hall–Kier alpha value is -1.15. The van der Waals surface area contributed by atoms with Crippen molar-refractivity contribution in [3.05, 3.63) is 35.9 Å². The quantitative estimate of drug-likeness (QED) is 0.787. The van der Waals surface area contributed by atoms with Crippen LogP contribution in [0.15, 0.2) is 30.3 Å². The van der Waals surface area contributed by atoms with Gasteiger partial charge in [-0.3, -0.25) is 4.79 Å². The SMILES string of the molecule is CC(C)N1CCC[C@@H](CC(=O)CCc2ccccc2)C1. The molecule has 1 saturated heterocycles. The fraction of sp³-hybridized carbons (Fsp3) is 0.611. The Kier molecular flexibility index (Phi) is 5.78. The van der Waals surface area contributed by atoms with Crippen molar-refractivity contribution in [1.82, 2.24) is 4.90 Å². The number of Topliss-reactive ketones (excluding diaryl/α,β-unsaturated/α-hetero) is 1. The van der Waals surface area contributed by atoms with Crippen molar-refractivity contribution in [2.24, 2.45) is 5.92 Å². The lowest BCUT2D eigenvalue weighted by molar-refractivity contribution is -0.120. The molecule has 20 heavy (non-hydrogen) atoms. The summed E-state index contributed by atoms with van der Waals surface area (Å²) >= 11 is 0. The fourth-order valence-electron chi connectivity index (χ4n) is 3.09. The molecule has 1 heterocycles. The molecule has 0 aromatic heterocycles. The first-order valence-electron chi connectivity index (χ1n) is 7.95. The number of rotatable bonds is 6. The maximum atomic E-state index is 12.1. The van der Waals surface area contributed by atoms with Crippen molar-refractivity contribution < 1.29 is 4.79 Å². The summed E-state index contributed by atoms with van der Waals surface area (Å²) in [6.07, 6.45) is 4.83. The minimum atomic E-state index is 0.435. The minimum Gasteiger partial charge on any atom is -0.301 e. The first kappa shape index (κ1) is 15.2. The zero-order valence-corrected chi connectivity index (χ0v) is 12.8. The zero-order valence-electron chi connectivity index (χ0n) is 12.8. The molecule has 1 atom stereocenters. The minimum absolute atomic E-state index is 0.435. The Morgan fingerprint density at radius 2 is 2.05 bits per heavy atom. The normalized spacial score (nSPS) is 20.2. The van der Waals surface area contributed by atoms with Crippen LogP contribution in [0.5, 0.6) is 0 Å². The number of hydrogen-bond acceptors (Lipinski definition) is 2. The third-order valence-corrected chi connectivity index (χ3v) is 4.33. The lowest BCUT2D eigenvalue weighted by Crippen LogP contribution is -2.40. The standard InChI is InChI=1S/C18H27NO/c1-15(2)19-12-6-9-17(14-19)13-18(20)11-10-16-7-4-3-5-8-16/h3-5,7-8,15,17H,6,9-14H2,1-2H3/t17-/m0/s1. The molecular formula is C18H27NO. The van der Waals surface area contributed by atoms with Crippen molar-refractivity contribution in [1.29, 1.82) is 0 Å². The van der Waals surface area contributed by atoms with Crippen LogP contribution in [0.3, 0.4) is 0 Å². The second-order valence-corrected chi connectivity index (χ2v) is 6.33. The first-order valence-corrected chi connectivity index (χ1v) is 7.95. The van der Waals surface area contributed by atoms with E-state index in [0.29, 0.717) is 24.2 Å². The Morgan fingerprint density at radius 3 is 2.75 bits per heavy atom. The van der Waals surface area contributed by atoms with Gasteiger partial charge in [0.05, 0.1) is 0 Å². The van der Waals surface area contributed by atoms with Crippen LogP contribution in [0.4, 0.5) is 0 Å². The van der Waals surface area contributed by atoms with Crippen LogP contribution in [-0.4, -0.2) is 29.8 Å². The number of nitrogens with zero attached hydrogens (tertiary/aromatic N) is 1. The highest BCUT2D eigenvalue weighted by atomic mass is 16.1. The van der Waals surface area contributed by atoms with Crippen LogP contribution in [0.1, 0.15) is 45.1 Å². The molecule has 2 nitrogen and oxygen atoms in total. The van der Waals surface area contributed by atoms with Gasteiger partial charge in [0.15, 0.2) is 0 Å². The molecular weight excluding hydrogens is 246 g/mol. The van der Waals surface area contributed by atoms with Crippen LogP contribution >= 0.6 is 0 Å². The number of hydrogen-bond donors (Lipinski definition) is 0. The van der Waals surface area contributed by atoms with Crippen molar-refractivity contribution in [3.63, 3.8) is 0 Å². The Bertz CT molecular complexity index is 413. The van der Waals surface area contributed by atoms with E-state index in [1.54, 1.807) is 0 Å². The van der Waals surface area contributed by atoms with Crippen LogP contribution in [-0.2, 0) is 11.2 Å². The highest BCUT2D eigenvalue weighted by Gasteiger charge is 2.23. The van der Waals surface area contributed by atoms with Crippen molar-refractivity contribution in [3.8, 4) is 0 Å². The highest BCUT2D eigenvalue weighted by molar-refractivity contribution is 5.78. The maximum absolute atomic E-state index is 12.1. The van der Waals surface area contributed by atoms with E-state index in [4.69, 9.17) is 0 Å². The van der Waals surface area contributed by atoms with Gasteiger partial charge in [0, 0.05) is 25.4 Å². The molecule has 1 aromatic rings. The summed E-state index contributed by atoms with van der Waals surface area (Å²) < 4.78 is 0. The van der Waals surface area contributed by atoms with E-state index in [1.807, 2.05) is 18.2 Å². The Balaban J connectivity index is 1.74. The Morgan fingerprint density at radius 1 is 1.30 bits per heavy atom. The summed E-state index contributed by atoms with van der Waals surface area (Å²) in [5, 5.41) is 0. The largest absolute Gasteiger partial charge is 0.301 e. The predicted octanol–water partition coefficient (Wildman–Crippen LogP) is 3.70. The number of benzene rings is 1. The van der Waals surface area contributed by atoms with E-state index in [9.17, 15) is 4.79 Å². The molecule has 0 radical (unpaired) electrons. The fourth-order valence-corrected chi connectivity index (χ4v) is 3.09. The molecule has 0 spiro atoms. The van der Waals surface area contributed by atoms with Gasteiger partial charge in [0.1, 0.15) is 5.78 Å². The van der Waals surface area contributed by atoms with Gasteiger partial charge < -0.3 is 4.90 Å². The van der Waals surface area contributed by atoms with Crippen molar-refractivity contribution >= 4 is 5.78 Å². The molecule has 1 aromatic carbocycles. The van der Waals surface area contributed by atoms with Gasteiger partial charge in [0.25, 0.3) is 0 Å². The third kappa shape index (κ3) is 4.75. The van der Waals surface area contributed by atoms with Gasteiger partial charge in [-0.05, 0) is 51.1 Å². The van der Waals surface area contributed by atoms with E-state index in [-0.39, 0.29) is 0 Å². The van der Waals surface area contributed by atoms with E-state index in [2.05, 4.69) is 30.9 Å². The van der Waals surface area contributed by atoms with Gasteiger partial charge >= 0.3 is 0 Å². The van der Waals surface area contributed by atoms with Crippen LogP contribution in [0, 0.1) is 5.92 Å². The molecule has 2 rings (SSSR count). The van der Waals surface area contributed by atoms with E-state index in [0.717, 1.165) is 19.4 Å². The number of piperidine rings is 1. The zero-order chi connectivity index (χ0) is 14.4. The lowest BCUT2D eigenvalue weighted by atomic mass is 9.90. The monoisotopic (exact) mass is 273 g/mol. The number of ketones is 1. The average Bonchev–Trinajstić information content (AvgIpc) is 2.46. The maximum Gasteiger partial charge on any atom is 0.133 e. The molecule has 0 aliphatic carbocycles. The summed E-state index contributed by atoms with van der Waals surface area (Å²) in [5.41, 5.74) is 1.27. The van der Waals surface area contributed by atoms with Crippen molar-refractivity contribution in [2.45, 2.75) is 52.0 Å². The van der Waals surface area contributed by atoms with Crippen LogP contribution < -0.4 is 0 Å². The lowest BCUT2D eigenvalue weighted by Gasteiger charge is -2.35. The number of carbonyl (C=O) groups is 1. The first-order chi connectivity index (χ1) is 9.65. The molecule has 1 aliphatic rings. The Labute approximate surface area is 123 Å². The molecule has 1 fully saturated rings. The summed E-state index contributed by atoms with van der Waals surface area (Å²) in [4.78, 5) is 14.7. The summed E-state index contributed by atoms with van der Waals surface area (Å²) in [5.74, 6) is 1.01. The second-order valence-electron chi connectivity index (χ2n) is 6.33. The average molecular weight is 273 g/mol. The number of aryl methyl sites for hydroxylation is 1. The van der Waals surface area contributed by atoms with Gasteiger partial charge in [-0.2, -0.15) is 0 Å². The predicted molar refractivity (Wildman–Crippen MR) is 83.8 cm³/mol. The molecule has 110 valence electrons. The van der Waals surface area contributed by atoms with Gasteiger partial charge in [-0.25, -0.2) is 0 Å². The van der Waals surface area contributed by atoms with Gasteiger partial charge in [0.2, 0.25) is 0 Å². The molecule has 0 N–H and O–H groups in total. The molecule has 2 heteroatoms. The van der Waals surface area contributed by atoms with Crippen LogP contribution in [0.25, 0.3) is 0 Å². The molecule has 0 unspecified atom stereocenters. The van der Waals surface area contributed by atoms with E-state index in [1.165, 1.54) is 24.9 Å². The van der Waals surface area contributed by atoms with Gasteiger partial charge in [-0.15, -0.1) is 0 Å². The third-order valence-electron chi connectivity index (χ3n) is 4.33. The van der Waals surface area contributed by atoms with Gasteiger partial charge in [-0.1, -0.05) is 30.3 Å². The second kappa shape index (κ2) is 7.58. The van der Waals surface area contributed by atoms with Crippen LogP contribution in [0.2, 0.25) is 0 Å². The number of carbonyl (C=O) groups excluding carboxylic acids is 1. The number of likely N-dealkylation sites (tertiary alicyclic amines) is 1.